The van der Waals surface area contributed by atoms with Gasteiger partial charge in [0.2, 0.25) is 6.23 Å². The van der Waals surface area contributed by atoms with Gasteiger partial charge in [0.05, 0.1) is 6.04 Å². The molecule has 12 heteroatoms. The molecule has 0 spiro atoms. The molecule has 1 aliphatic rings. The van der Waals surface area contributed by atoms with E-state index in [0.29, 0.717) is 0 Å². The number of anilines is 1. The van der Waals surface area contributed by atoms with E-state index in [1.54, 1.807) is 0 Å². The maximum Gasteiger partial charge on any atom is 0.522 e. The van der Waals surface area contributed by atoms with E-state index in [9.17, 15) is 31.9 Å². The number of hydrogen-bond acceptors (Lipinski definition) is 6. The summed E-state index contributed by atoms with van der Waals surface area (Å²) < 4.78 is 68.3. The first-order valence-corrected chi connectivity index (χ1v) is 8.33. The average molecular weight is 418 g/mol. The molecule has 1 aliphatic heterocycles. The normalized spacial score (nSPS) is 20.2. The third-order valence-electron chi connectivity index (χ3n) is 4.39. The van der Waals surface area contributed by atoms with Crippen molar-refractivity contribution in [3.63, 3.8) is 0 Å². The molecule has 1 aromatic heterocycles. The molecule has 1 amide bonds. The molecular weight excluding hydrogens is 403 g/mol. The number of alkyl halides is 3. The van der Waals surface area contributed by atoms with Crippen LogP contribution in [0.3, 0.4) is 0 Å². The predicted octanol–water partition coefficient (Wildman–Crippen LogP) is 2.29. The first kappa shape index (κ1) is 20.9. The van der Waals surface area contributed by atoms with Crippen molar-refractivity contribution in [2.45, 2.75) is 31.7 Å². The smallest absolute Gasteiger partial charge is 0.365 e. The van der Waals surface area contributed by atoms with Crippen molar-refractivity contribution in [1.29, 1.82) is 0 Å². The Kier molecular flexibility index (Phi) is 5.66. The number of carbonyl (C=O) groups is 1. The van der Waals surface area contributed by atoms with Crippen LogP contribution in [0.4, 0.5) is 27.8 Å². The number of rotatable bonds is 5. The van der Waals surface area contributed by atoms with Crippen molar-refractivity contribution in [3.8, 4) is 11.3 Å². The number of amides is 1. The molecule has 0 saturated carbocycles. The summed E-state index contributed by atoms with van der Waals surface area (Å²) in [6.45, 7) is 0.938. The SMILES string of the molecule is C[C@H]1[C@@H](OC(F)(F)F)CN1C(=O)[C@@H](O)Nc1ncnc(-c2ccc(F)cc2)c1F. The zero-order valence-corrected chi connectivity index (χ0v) is 14.8. The molecule has 2 heterocycles. The van der Waals surface area contributed by atoms with E-state index in [0.717, 1.165) is 23.4 Å². The zero-order chi connectivity index (χ0) is 21.3. The number of likely N-dealkylation sites (tertiary alicyclic amines) is 1. The topological polar surface area (TPSA) is 87.6 Å². The van der Waals surface area contributed by atoms with Gasteiger partial charge in [0, 0.05) is 12.1 Å². The Morgan fingerprint density at radius 3 is 2.52 bits per heavy atom. The van der Waals surface area contributed by atoms with Crippen LogP contribution >= 0.6 is 0 Å². The molecule has 2 N–H and O–H groups in total. The molecule has 1 saturated heterocycles. The average Bonchev–Trinajstić information content (AvgIpc) is 2.65. The van der Waals surface area contributed by atoms with Crippen LogP contribution < -0.4 is 5.32 Å². The molecule has 3 rings (SSSR count). The van der Waals surface area contributed by atoms with Crippen LogP contribution in [-0.2, 0) is 9.53 Å². The summed E-state index contributed by atoms with van der Waals surface area (Å²) in [5.74, 6) is -3.00. The minimum absolute atomic E-state index is 0.196. The van der Waals surface area contributed by atoms with Gasteiger partial charge < -0.3 is 15.3 Å². The Morgan fingerprint density at radius 1 is 1.28 bits per heavy atom. The minimum atomic E-state index is -4.84. The fourth-order valence-electron chi connectivity index (χ4n) is 2.80. The van der Waals surface area contributed by atoms with Gasteiger partial charge in [-0.25, -0.2) is 18.7 Å². The fourth-order valence-corrected chi connectivity index (χ4v) is 2.80. The van der Waals surface area contributed by atoms with E-state index in [1.807, 2.05) is 0 Å². The van der Waals surface area contributed by atoms with Gasteiger partial charge in [0.25, 0.3) is 5.91 Å². The van der Waals surface area contributed by atoms with E-state index in [2.05, 4.69) is 20.0 Å². The number of hydrogen-bond donors (Lipinski definition) is 2. The number of nitrogens with zero attached hydrogens (tertiary/aromatic N) is 3. The number of carbonyl (C=O) groups excluding carboxylic acids is 1. The van der Waals surface area contributed by atoms with Gasteiger partial charge in [0.15, 0.2) is 11.6 Å². The first-order valence-electron chi connectivity index (χ1n) is 8.33. The van der Waals surface area contributed by atoms with E-state index in [1.165, 1.54) is 19.1 Å². The summed E-state index contributed by atoms with van der Waals surface area (Å²) in [4.78, 5) is 20.6. The minimum Gasteiger partial charge on any atom is -0.365 e. The second-order valence-electron chi connectivity index (χ2n) is 6.27. The number of nitrogens with one attached hydrogen (secondary N) is 1. The first-order chi connectivity index (χ1) is 13.6. The van der Waals surface area contributed by atoms with E-state index in [4.69, 9.17) is 0 Å². The number of benzene rings is 1. The second kappa shape index (κ2) is 7.87. The standard InChI is InChI=1S/C17H15F5N4O3/c1-8-11(29-17(20,21)22)6-26(8)16(28)15(27)25-14-12(19)13(23-7-24-14)9-2-4-10(18)5-3-9/h2-5,7-8,11,15,27H,6H2,1H3,(H,23,24,25)/t8-,11-,15+/m0/s1. The van der Waals surface area contributed by atoms with Crippen LogP contribution in [0.25, 0.3) is 11.3 Å². The Bertz CT molecular complexity index is 894. The maximum atomic E-state index is 14.6. The molecule has 7 nitrogen and oxygen atoms in total. The van der Waals surface area contributed by atoms with Crippen LogP contribution in [0.5, 0.6) is 0 Å². The zero-order valence-electron chi connectivity index (χ0n) is 14.8. The van der Waals surface area contributed by atoms with Crippen molar-refractivity contribution < 1.29 is 36.6 Å². The summed E-state index contributed by atoms with van der Waals surface area (Å²) in [7, 11) is 0. The number of ether oxygens (including phenoxy) is 1. The molecule has 3 atom stereocenters. The van der Waals surface area contributed by atoms with Crippen LogP contribution in [0.15, 0.2) is 30.6 Å². The predicted molar refractivity (Wildman–Crippen MR) is 89.1 cm³/mol. The number of aromatic nitrogens is 2. The van der Waals surface area contributed by atoms with Crippen molar-refractivity contribution in [3.05, 3.63) is 42.2 Å². The molecular formula is C17H15F5N4O3. The fraction of sp³-hybridized carbons (Fsp3) is 0.353. The lowest BCUT2D eigenvalue weighted by Gasteiger charge is -2.46. The molecule has 1 fully saturated rings. The maximum absolute atomic E-state index is 14.6. The van der Waals surface area contributed by atoms with Gasteiger partial charge in [0.1, 0.15) is 23.9 Å². The third-order valence-corrected chi connectivity index (χ3v) is 4.39. The quantitative estimate of drug-likeness (QED) is 0.573. The Labute approximate surface area is 161 Å². The van der Waals surface area contributed by atoms with E-state index in [-0.39, 0.29) is 17.8 Å². The Balaban J connectivity index is 1.68. The molecule has 2 aromatic rings. The Hall–Kier alpha value is -2.86. The van der Waals surface area contributed by atoms with Crippen LogP contribution in [0.1, 0.15) is 6.92 Å². The molecule has 0 aliphatic carbocycles. The van der Waals surface area contributed by atoms with Crippen molar-refractivity contribution >= 4 is 11.7 Å². The summed E-state index contributed by atoms with van der Waals surface area (Å²) in [5.41, 5.74) is 0.0387. The van der Waals surface area contributed by atoms with E-state index < -0.39 is 48.1 Å². The summed E-state index contributed by atoms with van der Waals surface area (Å²) in [5, 5.41) is 12.2. The van der Waals surface area contributed by atoms with Crippen molar-refractivity contribution in [2.75, 3.05) is 11.9 Å². The van der Waals surface area contributed by atoms with Gasteiger partial charge in [-0.3, -0.25) is 9.53 Å². The lowest BCUT2D eigenvalue weighted by atomic mass is 10.0. The van der Waals surface area contributed by atoms with Crippen LogP contribution in [0, 0.1) is 11.6 Å². The van der Waals surface area contributed by atoms with Crippen molar-refractivity contribution in [1.82, 2.24) is 14.9 Å². The van der Waals surface area contributed by atoms with Gasteiger partial charge in [-0.1, -0.05) is 0 Å². The van der Waals surface area contributed by atoms with Crippen molar-refractivity contribution in [2.24, 2.45) is 0 Å². The summed E-state index contributed by atoms with van der Waals surface area (Å²) in [6, 6.07) is 3.84. The lowest BCUT2D eigenvalue weighted by Crippen LogP contribution is -2.65. The Morgan fingerprint density at radius 2 is 1.93 bits per heavy atom. The highest BCUT2D eigenvalue weighted by Crippen LogP contribution is 2.29. The molecule has 1 aromatic carbocycles. The number of aliphatic hydroxyl groups is 1. The highest BCUT2D eigenvalue weighted by atomic mass is 19.4. The molecule has 0 radical (unpaired) electrons. The third kappa shape index (κ3) is 4.59. The monoisotopic (exact) mass is 418 g/mol. The molecule has 29 heavy (non-hydrogen) atoms. The van der Waals surface area contributed by atoms with Crippen LogP contribution in [-0.4, -0.2) is 57.2 Å². The molecule has 0 unspecified atom stereocenters. The van der Waals surface area contributed by atoms with Gasteiger partial charge in [-0.15, -0.1) is 13.2 Å². The second-order valence-corrected chi connectivity index (χ2v) is 6.27. The van der Waals surface area contributed by atoms with E-state index >= 15 is 0 Å². The molecule has 0 bridgehead atoms. The van der Waals surface area contributed by atoms with Gasteiger partial charge in [-0.2, -0.15) is 0 Å². The highest BCUT2D eigenvalue weighted by Gasteiger charge is 2.47. The summed E-state index contributed by atoms with van der Waals surface area (Å²) >= 11 is 0. The largest absolute Gasteiger partial charge is 0.522 e. The van der Waals surface area contributed by atoms with Gasteiger partial charge in [-0.05, 0) is 31.2 Å². The highest BCUT2D eigenvalue weighted by molar-refractivity contribution is 5.84. The summed E-state index contributed by atoms with van der Waals surface area (Å²) in [6.07, 6.45) is -7.09. The number of halogens is 5. The van der Waals surface area contributed by atoms with Crippen LogP contribution in [0.2, 0.25) is 0 Å². The van der Waals surface area contributed by atoms with Gasteiger partial charge >= 0.3 is 6.36 Å². The lowest BCUT2D eigenvalue weighted by molar-refractivity contribution is -0.360. The molecule has 156 valence electrons. The number of aliphatic hydroxyl groups excluding tert-OH is 1.